The number of hydrogen-bond acceptors (Lipinski definition) is 6. The highest BCUT2D eigenvalue weighted by molar-refractivity contribution is 6.59. The van der Waals surface area contributed by atoms with E-state index in [9.17, 15) is 9.18 Å². The number of nitrogens with zero attached hydrogens (tertiary/aromatic N) is 2. The molecule has 8 heteroatoms. The molecule has 2 N–H and O–H groups in total. The third-order valence-corrected chi connectivity index (χ3v) is 2.21. The van der Waals surface area contributed by atoms with Crippen LogP contribution in [0.2, 0.25) is 5.02 Å². The van der Waals surface area contributed by atoms with Gasteiger partial charge in [-0.25, -0.2) is 9.18 Å². The molecular weight excluding hydrogens is 277 g/mol. The first-order chi connectivity index (χ1) is 9.08. The first kappa shape index (κ1) is 14.9. The van der Waals surface area contributed by atoms with Gasteiger partial charge < -0.3 is 9.94 Å². The van der Waals surface area contributed by atoms with Crippen LogP contribution in [0.5, 0.6) is 0 Å². The van der Waals surface area contributed by atoms with Crippen LogP contribution >= 0.6 is 11.6 Å². The Balaban J connectivity index is 2.88. The fourth-order valence-electron chi connectivity index (χ4n) is 1.09. The number of rotatable bonds is 5. The van der Waals surface area contributed by atoms with E-state index >= 15 is 0 Å². The standard InChI is InChI=1S/C11H11ClFN3O3/c1-2-19-11(17)10(6-14-18)16-15-9-4-3-7(13)5-8(9)12/h3-6,15,18H,2H2,1H3/b14-6+,16-10+. The van der Waals surface area contributed by atoms with Crippen molar-refractivity contribution in [2.75, 3.05) is 12.0 Å². The summed E-state index contributed by atoms with van der Waals surface area (Å²) in [5, 5.41) is 14.9. The smallest absolute Gasteiger partial charge is 0.360 e. The van der Waals surface area contributed by atoms with Gasteiger partial charge in [0.05, 0.1) is 17.3 Å². The van der Waals surface area contributed by atoms with Gasteiger partial charge in [0.2, 0.25) is 0 Å². The predicted octanol–water partition coefficient (Wildman–Crippen LogP) is 2.27. The van der Waals surface area contributed by atoms with Gasteiger partial charge in [-0.15, -0.1) is 0 Å². The van der Waals surface area contributed by atoms with Crippen molar-refractivity contribution in [2.24, 2.45) is 10.3 Å². The van der Waals surface area contributed by atoms with Crippen LogP contribution in [-0.2, 0) is 9.53 Å². The molecule has 0 aliphatic rings. The molecule has 0 spiro atoms. The van der Waals surface area contributed by atoms with Crippen LogP contribution in [0.25, 0.3) is 0 Å². The predicted molar refractivity (Wildman–Crippen MR) is 69.4 cm³/mol. The van der Waals surface area contributed by atoms with Crippen molar-refractivity contribution in [3.8, 4) is 0 Å². The molecule has 0 aliphatic heterocycles. The van der Waals surface area contributed by atoms with E-state index in [2.05, 4.69) is 20.4 Å². The number of nitrogens with one attached hydrogen (secondary N) is 1. The molecule has 0 aliphatic carbocycles. The lowest BCUT2D eigenvalue weighted by atomic mass is 10.3. The minimum atomic E-state index is -0.772. The van der Waals surface area contributed by atoms with E-state index in [-0.39, 0.29) is 23.0 Å². The maximum absolute atomic E-state index is 12.8. The van der Waals surface area contributed by atoms with Gasteiger partial charge in [-0.05, 0) is 25.1 Å². The topological polar surface area (TPSA) is 83.3 Å². The molecule has 6 nitrogen and oxygen atoms in total. The van der Waals surface area contributed by atoms with Gasteiger partial charge in [0, 0.05) is 0 Å². The quantitative estimate of drug-likeness (QED) is 0.377. The van der Waals surface area contributed by atoms with E-state index in [0.717, 1.165) is 12.3 Å². The molecule has 0 radical (unpaired) electrons. The third-order valence-electron chi connectivity index (χ3n) is 1.89. The number of carbonyl (C=O) groups is 1. The highest BCUT2D eigenvalue weighted by Crippen LogP contribution is 2.22. The van der Waals surface area contributed by atoms with Crippen LogP contribution in [0.1, 0.15) is 6.92 Å². The zero-order valence-electron chi connectivity index (χ0n) is 9.93. The minimum Gasteiger partial charge on any atom is -0.461 e. The Morgan fingerprint density at radius 1 is 1.63 bits per heavy atom. The second-order valence-electron chi connectivity index (χ2n) is 3.20. The zero-order chi connectivity index (χ0) is 14.3. The number of oxime groups is 1. The molecule has 0 amide bonds. The molecule has 0 atom stereocenters. The summed E-state index contributed by atoms with van der Waals surface area (Å²) >= 11 is 5.76. The molecule has 0 fully saturated rings. The Labute approximate surface area is 113 Å². The normalized spacial score (nSPS) is 11.6. The van der Waals surface area contributed by atoms with E-state index < -0.39 is 11.8 Å². The zero-order valence-corrected chi connectivity index (χ0v) is 10.7. The van der Waals surface area contributed by atoms with Crippen LogP contribution < -0.4 is 5.43 Å². The number of anilines is 1. The molecule has 102 valence electrons. The van der Waals surface area contributed by atoms with Crippen molar-refractivity contribution < 1.29 is 19.1 Å². The lowest BCUT2D eigenvalue weighted by Crippen LogP contribution is -2.20. The lowest BCUT2D eigenvalue weighted by Gasteiger charge is -2.05. The summed E-state index contributed by atoms with van der Waals surface area (Å²) in [4.78, 5) is 11.4. The van der Waals surface area contributed by atoms with Gasteiger partial charge in [-0.2, -0.15) is 5.10 Å². The average Bonchev–Trinajstić information content (AvgIpc) is 2.36. The van der Waals surface area contributed by atoms with Crippen molar-refractivity contribution >= 4 is 35.2 Å². The van der Waals surface area contributed by atoms with E-state index in [1.165, 1.54) is 12.1 Å². The van der Waals surface area contributed by atoms with Crippen LogP contribution in [0, 0.1) is 5.82 Å². The maximum atomic E-state index is 12.8. The van der Waals surface area contributed by atoms with Crippen LogP contribution in [0.3, 0.4) is 0 Å². The van der Waals surface area contributed by atoms with Crippen molar-refractivity contribution in [2.45, 2.75) is 6.92 Å². The summed E-state index contributed by atoms with van der Waals surface area (Å²) in [5.41, 5.74) is 2.48. The van der Waals surface area contributed by atoms with Crippen molar-refractivity contribution in [1.82, 2.24) is 0 Å². The number of ether oxygens (including phenoxy) is 1. The largest absolute Gasteiger partial charge is 0.461 e. The maximum Gasteiger partial charge on any atom is 0.360 e. The number of hydrogen-bond donors (Lipinski definition) is 2. The van der Waals surface area contributed by atoms with Crippen molar-refractivity contribution in [1.29, 1.82) is 0 Å². The fourth-order valence-corrected chi connectivity index (χ4v) is 1.30. The minimum absolute atomic E-state index is 0.0906. The van der Waals surface area contributed by atoms with Gasteiger partial charge in [-0.1, -0.05) is 16.8 Å². The third kappa shape index (κ3) is 4.55. The first-order valence-corrected chi connectivity index (χ1v) is 5.59. The van der Waals surface area contributed by atoms with Gasteiger partial charge in [0.1, 0.15) is 12.0 Å². The molecule has 0 aromatic heterocycles. The number of esters is 1. The summed E-state index contributed by atoms with van der Waals surface area (Å²) in [6, 6.07) is 3.61. The summed E-state index contributed by atoms with van der Waals surface area (Å²) < 4.78 is 17.5. The Hall–Kier alpha value is -2.15. The second-order valence-corrected chi connectivity index (χ2v) is 3.61. The summed E-state index contributed by atoms with van der Waals surface area (Å²) in [5.74, 6) is -1.27. The summed E-state index contributed by atoms with van der Waals surface area (Å²) in [6.07, 6.45) is 0.808. The molecule has 0 unspecified atom stereocenters. The molecule has 0 saturated heterocycles. The highest BCUT2D eigenvalue weighted by atomic mass is 35.5. The Bertz CT molecular complexity index is 520. The molecule has 1 aromatic carbocycles. The number of benzene rings is 1. The van der Waals surface area contributed by atoms with Crippen LogP contribution in [0.15, 0.2) is 28.5 Å². The summed E-state index contributed by atoms with van der Waals surface area (Å²) in [6.45, 7) is 1.77. The lowest BCUT2D eigenvalue weighted by molar-refractivity contribution is -0.134. The Morgan fingerprint density at radius 2 is 2.37 bits per heavy atom. The molecular formula is C11H11ClFN3O3. The molecule has 0 bridgehead atoms. The van der Waals surface area contributed by atoms with Gasteiger partial charge in [-0.3, -0.25) is 5.43 Å². The van der Waals surface area contributed by atoms with Crippen molar-refractivity contribution in [3.05, 3.63) is 29.0 Å². The van der Waals surface area contributed by atoms with Crippen LogP contribution in [-0.4, -0.2) is 29.7 Å². The molecule has 0 saturated carbocycles. The van der Waals surface area contributed by atoms with Gasteiger partial charge in [0.25, 0.3) is 0 Å². The SMILES string of the molecule is CCOC(=O)C(/C=N/O)=N/Nc1ccc(F)cc1Cl. The first-order valence-electron chi connectivity index (χ1n) is 5.21. The number of hydrazone groups is 1. The Morgan fingerprint density at radius 3 is 2.95 bits per heavy atom. The van der Waals surface area contributed by atoms with Gasteiger partial charge in [0.15, 0.2) is 5.71 Å². The molecule has 1 rings (SSSR count). The molecule has 0 heterocycles. The molecule has 19 heavy (non-hydrogen) atoms. The monoisotopic (exact) mass is 287 g/mol. The van der Waals surface area contributed by atoms with E-state index in [4.69, 9.17) is 16.8 Å². The fraction of sp³-hybridized carbons (Fsp3) is 0.182. The second kappa shape index (κ2) is 7.32. The van der Waals surface area contributed by atoms with Crippen molar-refractivity contribution in [3.63, 3.8) is 0 Å². The average molecular weight is 288 g/mol. The van der Waals surface area contributed by atoms with E-state index in [0.29, 0.717) is 0 Å². The number of carbonyl (C=O) groups excluding carboxylic acids is 1. The van der Waals surface area contributed by atoms with Gasteiger partial charge >= 0.3 is 5.97 Å². The van der Waals surface area contributed by atoms with E-state index in [1.54, 1.807) is 6.92 Å². The number of halogens is 2. The summed E-state index contributed by atoms with van der Waals surface area (Å²) in [7, 11) is 0. The van der Waals surface area contributed by atoms with Crippen LogP contribution in [0.4, 0.5) is 10.1 Å². The molecule has 1 aromatic rings. The highest BCUT2D eigenvalue weighted by Gasteiger charge is 2.11. The Kier molecular flexibility index (Phi) is 5.74. The van der Waals surface area contributed by atoms with E-state index in [1.807, 2.05) is 0 Å².